The summed E-state index contributed by atoms with van der Waals surface area (Å²) in [4.78, 5) is 47.2. The second-order valence-electron chi connectivity index (χ2n) is 10.8. The van der Waals surface area contributed by atoms with Crippen molar-refractivity contribution in [2.45, 2.75) is 53.9 Å². The molecule has 2 aromatic carbocycles. The molecule has 0 saturated carbocycles. The van der Waals surface area contributed by atoms with Crippen LogP contribution >= 0.6 is 46.6 Å². The van der Waals surface area contributed by atoms with Crippen molar-refractivity contribution in [1.29, 1.82) is 5.26 Å². The zero-order valence-corrected chi connectivity index (χ0v) is 27.0. The summed E-state index contributed by atoms with van der Waals surface area (Å²) in [5, 5.41) is 17.2. The Labute approximate surface area is 276 Å². The van der Waals surface area contributed by atoms with Crippen molar-refractivity contribution in [3.63, 3.8) is 0 Å². The van der Waals surface area contributed by atoms with Gasteiger partial charge in [0.25, 0.3) is 11.5 Å². The van der Waals surface area contributed by atoms with Gasteiger partial charge >= 0.3 is 11.4 Å². The smallest absolute Gasteiger partial charge is 0.362 e. The Morgan fingerprint density at radius 1 is 1.20 bits per heavy atom. The molecule has 3 aromatic rings. The highest BCUT2D eigenvalue weighted by Gasteiger charge is 2.46. The number of aromatic nitrogens is 1. The molecule has 3 amide bonds. The topological polar surface area (TPSA) is 121 Å². The van der Waals surface area contributed by atoms with Crippen LogP contribution in [0.1, 0.15) is 53.9 Å². The van der Waals surface area contributed by atoms with Gasteiger partial charge in [-0.1, -0.05) is 41.0 Å². The SMILES string of the molecule is CCN1CCCN(c2cc3c(cc2O)[C@@](C)(CC#N)N(C(=O)c2c(Sc4c(Cl)cccc4Cl)cc(C(F)(F)Cl)[nH]c2=O)C3)C1=O. The van der Waals surface area contributed by atoms with Crippen LogP contribution in [-0.4, -0.2) is 51.5 Å². The summed E-state index contributed by atoms with van der Waals surface area (Å²) in [5.41, 5.74) is -2.68. The van der Waals surface area contributed by atoms with Crippen molar-refractivity contribution >= 4 is 64.2 Å². The Kier molecular flexibility index (Phi) is 9.03. The molecule has 1 saturated heterocycles. The number of alkyl halides is 3. The maximum Gasteiger partial charge on any atom is 0.362 e. The van der Waals surface area contributed by atoms with Crippen molar-refractivity contribution in [3.05, 3.63) is 79.2 Å². The number of phenols is 1. The molecule has 1 fully saturated rings. The highest BCUT2D eigenvalue weighted by molar-refractivity contribution is 7.99. The van der Waals surface area contributed by atoms with Crippen LogP contribution in [0.25, 0.3) is 0 Å². The molecule has 2 aliphatic heterocycles. The van der Waals surface area contributed by atoms with Crippen LogP contribution in [0.4, 0.5) is 19.3 Å². The average Bonchev–Trinajstić information content (AvgIpc) is 3.25. The Bertz CT molecular complexity index is 1790. The van der Waals surface area contributed by atoms with Crippen LogP contribution in [0.3, 0.4) is 0 Å². The number of pyridine rings is 1. The summed E-state index contributed by atoms with van der Waals surface area (Å²) in [6.07, 6.45) is 0.453. The molecule has 0 unspecified atom stereocenters. The van der Waals surface area contributed by atoms with Gasteiger partial charge in [-0.3, -0.25) is 14.5 Å². The summed E-state index contributed by atoms with van der Waals surface area (Å²) < 4.78 is 28.4. The van der Waals surface area contributed by atoms with Gasteiger partial charge in [0.1, 0.15) is 17.0 Å². The number of benzene rings is 2. The molecule has 0 bridgehead atoms. The number of anilines is 1. The summed E-state index contributed by atoms with van der Waals surface area (Å²) >= 11 is 18.6. The van der Waals surface area contributed by atoms with Crippen LogP contribution in [0.2, 0.25) is 10.0 Å². The molecule has 0 radical (unpaired) electrons. The van der Waals surface area contributed by atoms with E-state index < -0.39 is 33.6 Å². The molecule has 9 nitrogen and oxygen atoms in total. The van der Waals surface area contributed by atoms with Gasteiger partial charge < -0.3 is 19.9 Å². The van der Waals surface area contributed by atoms with E-state index in [4.69, 9.17) is 34.8 Å². The van der Waals surface area contributed by atoms with Crippen LogP contribution in [0.5, 0.6) is 5.75 Å². The lowest BCUT2D eigenvalue weighted by Gasteiger charge is -2.36. The number of aromatic hydroxyl groups is 1. The standard InChI is InChI=1S/C30H26Cl3F2N5O4S/c1-3-38-10-5-11-39(28(38)44)20-12-16-15-40(29(2,8-9-36)17(16)13-21(20)41)27(43)24-22(14-23(30(33,34)35)37-26(24)42)45-25-18(31)6-4-7-19(25)32/h4,6-7,12-14,41H,3,5,8,10-11,15H2,1-2H3,(H,37,42)/t29-/m1/s1. The van der Waals surface area contributed by atoms with Crippen LogP contribution in [-0.2, 0) is 17.5 Å². The molecule has 0 spiro atoms. The summed E-state index contributed by atoms with van der Waals surface area (Å²) in [5.74, 6) is -1.08. The van der Waals surface area contributed by atoms with E-state index in [0.29, 0.717) is 37.2 Å². The quantitative estimate of drug-likeness (QED) is 0.251. The van der Waals surface area contributed by atoms with Gasteiger partial charge in [-0.25, -0.2) is 4.79 Å². The minimum atomic E-state index is -3.97. The largest absolute Gasteiger partial charge is 0.506 e. The molecule has 0 aliphatic carbocycles. The Morgan fingerprint density at radius 3 is 2.51 bits per heavy atom. The number of nitrogens with one attached hydrogen (secondary N) is 1. The van der Waals surface area contributed by atoms with E-state index in [0.717, 1.165) is 17.8 Å². The van der Waals surface area contributed by atoms with Crippen LogP contribution in [0.15, 0.2) is 51.0 Å². The van der Waals surface area contributed by atoms with E-state index in [2.05, 4.69) is 6.07 Å². The summed E-state index contributed by atoms with van der Waals surface area (Å²) in [6.45, 7) is 4.81. The first-order chi connectivity index (χ1) is 21.2. The van der Waals surface area contributed by atoms with Crippen LogP contribution < -0.4 is 10.5 Å². The number of fused-ring (bicyclic) bond motifs is 1. The van der Waals surface area contributed by atoms with Crippen molar-refractivity contribution in [1.82, 2.24) is 14.8 Å². The van der Waals surface area contributed by atoms with E-state index in [1.54, 1.807) is 24.0 Å². The predicted molar refractivity (Wildman–Crippen MR) is 168 cm³/mol. The fourth-order valence-electron chi connectivity index (χ4n) is 5.69. The molecule has 2 aliphatic rings. The fourth-order valence-corrected chi connectivity index (χ4v) is 7.44. The molecule has 2 N–H and O–H groups in total. The number of nitriles is 1. The number of aromatic amines is 1. The molecule has 236 valence electrons. The highest BCUT2D eigenvalue weighted by Crippen LogP contribution is 2.48. The van der Waals surface area contributed by atoms with Gasteiger partial charge in [-0.15, -0.1) is 0 Å². The molecule has 1 atom stereocenters. The third-order valence-electron chi connectivity index (χ3n) is 8.00. The second kappa shape index (κ2) is 12.4. The van der Waals surface area contributed by atoms with E-state index in [-0.39, 0.29) is 50.3 Å². The molecule has 5 rings (SSSR count). The van der Waals surface area contributed by atoms with E-state index in [1.807, 2.05) is 11.9 Å². The van der Waals surface area contributed by atoms with Crippen molar-refractivity contribution in [2.24, 2.45) is 0 Å². The highest BCUT2D eigenvalue weighted by atomic mass is 35.5. The minimum absolute atomic E-state index is 0.108. The number of amides is 3. The van der Waals surface area contributed by atoms with E-state index in [9.17, 15) is 33.5 Å². The number of urea groups is 1. The molecule has 45 heavy (non-hydrogen) atoms. The number of hydrogen-bond donors (Lipinski definition) is 2. The first-order valence-corrected chi connectivity index (χ1v) is 15.7. The Balaban J connectivity index is 1.62. The summed E-state index contributed by atoms with van der Waals surface area (Å²) in [6, 6.07) is 10.3. The average molecular weight is 697 g/mol. The molecule has 3 heterocycles. The minimum Gasteiger partial charge on any atom is -0.506 e. The molecule has 15 heteroatoms. The molecular formula is C30H26Cl3F2N5O4S. The first-order valence-electron chi connectivity index (χ1n) is 13.8. The number of carbonyl (C=O) groups excluding carboxylic acids is 2. The van der Waals surface area contributed by atoms with Gasteiger partial charge in [0, 0.05) is 36.0 Å². The number of H-pyrrole nitrogens is 1. The number of hydrogen-bond acceptors (Lipinski definition) is 6. The lowest BCUT2D eigenvalue weighted by molar-refractivity contribution is 0.0539. The lowest BCUT2D eigenvalue weighted by Crippen LogP contribution is -2.49. The number of rotatable bonds is 7. The first kappa shape index (κ1) is 32.9. The van der Waals surface area contributed by atoms with Gasteiger partial charge in [-0.05, 0) is 73.3 Å². The second-order valence-corrected chi connectivity index (χ2v) is 13.1. The van der Waals surface area contributed by atoms with Gasteiger partial charge in [0.15, 0.2) is 0 Å². The Hall–Kier alpha value is -3.50. The van der Waals surface area contributed by atoms with E-state index in [1.165, 1.54) is 28.0 Å². The third kappa shape index (κ3) is 5.94. The number of phenolic OH excluding ortho intramolecular Hbond substituents is 1. The molecule has 1 aromatic heterocycles. The number of carbonyl (C=O) groups is 2. The molecular weight excluding hydrogens is 671 g/mol. The van der Waals surface area contributed by atoms with Gasteiger partial charge in [0.05, 0.1) is 33.8 Å². The zero-order chi connectivity index (χ0) is 32.8. The fraction of sp³-hybridized carbons (Fsp3) is 0.333. The third-order valence-corrected chi connectivity index (χ3v) is 10.2. The normalized spacial score (nSPS) is 18.3. The monoisotopic (exact) mass is 695 g/mol. The lowest BCUT2D eigenvalue weighted by atomic mass is 9.88. The predicted octanol–water partition coefficient (Wildman–Crippen LogP) is 7.26. The maximum atomic E-state index is 14.3. The number of nitrogens with zero attached hydrogens (tertiary/aromatic N) is 4. The van der Waals surface area contributed by atoms with E-state index >= 15 is 0 Å². The van der Waals surface area contributed by atoms with Gasteiger partial charge in [-0.2, -0.15) is 14.0 Å². The van der Waals surface area contributed by atoms with Crippen molar-refractivity contribution in [2.75, 3.05) is 24.5 Å². The zero-order valence-electron chi connectivity index (χ0n) is 24.0. The van der Waals surface area contributed by atoms with Crippen LogP contribution in [0, 0.1) is 11.3 Å². The maximum absolute atomic E-state index is 14.3. The van der Waals surface area contributed by atoms with Crippen molar-refractivity contribution in [3.8, 4) is 11.8 Å². The van der Waals surface area contributed by atoms with Gasteiger partial charge in [0.2, 0.25) is 0 Å². The number of halogens is 5. The Morgan fingerprint density at radius 2 is 1.89 bits per heavy atom. The van der Waals surface area contributed by atoms with Crippen molar-refractivity contribution < 1.29 is 23.5 Å². The summed E-state index contributed by atoms with van der Waals surface area (Å²) in [7, 11) is 0.